The van der Waals surface area contributed by atoms with Crippen LogP contribution in [0, 0.1) is 0 Å². The van der Waals surface area contributed by atoms with E-state index < -0.39 is 40.0 Å². The molecule has 7 nitrogen and oxygen atoms in total. The molecule has 1 aromatic carbocycles. The average Bonchev–Trinajstić information content (AvgIpc) is 2.24. The molecule has 0 aliphatic heterocycles. The van der Waals surface area contributed by atoms with Crippen molar-refractivity contribution < 1.29 is 16.8 Å². The Labute approximate surface area is 130 Å². The summed E-state index contributed by atoms with van der Waals surface area (Å²) in [4.78, 5) is -1.22. The van der Waals surface area contributed by atoms with Crippen LogP contribution in [0.2, 0.25) is 0 Å². The van der Waals surface area contributed by atoms with Crippen LogP contribution in [-0.2, 0) is 20.0 Å². The number of rotatable bonds is 3. The van der Waals surface area contributed by atoms with Gasteiger partial charge < -0.3 is 5.73 Å². The van der Waals surface area contributed by atoms with Crippen LogP contribution in [0.4, 0.5) is 5.69 Å². The third-order valence-electron chi connectivity index (χ3n) is 2.15. The van der Waals surface area contributed by atoms with Gasteiger partial charge in [-0.15, -0.1) is 0 Å². The third kappa shape index (κ3) is 3.76. The second-order valence-corrected chi connectivity index (χ2v) is 7.97. The van der Waals surface area contributed by atoms with Crippen molar-refractivity contribution in [1.82, 2.24) is 0 Å². The van der Waals surface area contributed by atoms with Crippen molar-refractivity contribution in [3.05, 3.63) is 22.2 Å². The molecule has 0 aliphatic rings. The van der Waals surface area contributed by atoms with E-state index in [0.29, 0.717) is 0 Å². The number of nitrogens with two attached hydrogens (primary N) is 3. The first-order valence-corrected chi connectivity index (χ1v) is 8.78. The van der Waals surface area contributed by atoms with Gasteiger partial charge in [0.25, 0.3) is 0 Å². The van der Waals surface area contributed by atoms with Gasteiger partial charge in [-0.25, -0.2) is 27.1 Å². The molecule has 0 spiro atoms. The molecule has 20 heavy (non-hydrogen) atoms. The Kier molecular flexibility index (Phi) is 4.97. The van der Waals surface area contributed by atoms with E-state index in [9.17, 15) is 16.8 Å². The number of hydrogen-bond donors (Lipinski definition) is 3. The van der Waals surface area contributed by atoms with E-state index in [1.165, 1.54) is 0 Å². The molecule has 0 bridgehead atoms. The quantitative estimate of drug-likeness (QED) is 0.667. The van der Waals surface area contributed by atoms with Gasteiger partial charge in [-0.2, -0.15) is 0 Å². The molecule has 112 valence electrons. The highest BCUT2D eigenvalue weighted by Crippen LogP contribution is 2.36. The summed E-state index contributed by atoms with van der Waals surface area (Å²) in [7, 11) is -8.54. The molecule has 0 radical (unpaired) electrons. The van der Waals surface area contributed by atoms with Gasteiger partial charge in [-0.05, 0) is 12.1 Å². The molecule has 1 rings (SSSR count). The van der Waals surface area contributed by atoms with Gasteiger partial charge in [0, 0.05) is 5.56 Å². The smallest absolute Gasteiger partial charge is 0.240 e. The van der Waals surface area contributed by atoms with E-state index in [0.717, 1.165) is 12.1 Å². The summed E-state index contributed by atoms with van der Waals surface area (Å²) in [5.74, 6) is 0. The van der Waals surface area contributed by atoms with Crippen molar-refractivity contribution in [2.45, 2.75) is 9.79 Å². The lowest BCUT2D eigenvalue weighted by Gasteiger charge is -2.11. The maximum atomic E-state index is 11.4. The summed E-state index contributed by atoms with van der Waals surface area (Å²) in [6, 6.07) is 1.66. The Morgan fingerprint density at radius 3 is 1.80 bits per heavy atom. The van der Waals surface area contributed by atoms with E-state index in [1.807, 2.05) is 0 Å². The number of benzene rings is 1. The maximum Gasteiger partial charge on any atom is 0.240 e. The van der Waals surface area contributed by atoms with Crippen LogP contribution in [0.5, 0.6) is 0 Å². The SMILES string of the molecule is Nc1c(C(Cl)=C(Cl)Cl)cc(S(N)(=O)=O)cc1S(N)(=O)=O. The molecule has 0 heterocycles. The second-order valence-electron chi connectivity index (χ2n) is 3.55. The largest absolute Gasteiger partial charge is 0.397 e. The summed E-state index contributed by atoms with van der Waals surface area (Å²) in [5, 5.41) is 9.54. The molecule has 0 aliphatic carbocycles. The zero-order chi connectivity index (χ0) is 15.9. The van der Waals surface area contributed by atoms with Crippen LogP contribution in [0.25, 0.3) is 5.03 Å². The lowest BCUT2D eigenvalue weighted by Crippen LogP contribution is -2.18. The number of sulfonamides is 2. The van der Waals surface area contributed by atoms with Gasteiger partial charge in [0.05, 0.1) is 15.6 Å². The predicted molar refractivity (Wildman–Crippen MR) is 78.1 cm³/mol. The zero-order valence-corrected chi connectivity index (χ0v) is 13.4. The summed E-state index contributed by atoms with van der Waals surface area (Å²) >= 11 is 16.7. The molecule has 6 N–H and O–H groups in total. The van der Waals surface area contributed by atoms with Crippen molar-refractivity contribution in [2.24, 2.45) is 10.3 Å². The molecule has 12 heteroatoms. The topological polar surface area (TPSA) is 146 Å². The molecule has 0 saturated heterocycles. The number of halogens is 3. The number of hydrogen-bond acceptors (Lipinski definition) is 5. The molecule has 1 aromatic rings. The summed E-state index contributed by atoms with van der Waals surface area (Å²) in [6.07, 6.45) is 0. The van der Waals surface area contributed by atoms with E-state index in [1.54, 1.807) is 0 Å². The molecule has 0 saturated carbocycles. The van der Waals surface area contributed by atoms with Crippen molar-refractivity contribution in [1.29, 1.82) is 0 Å². The highest BCUT2D eigenvalue weighted by Gasteiger charge is 2.23. The molecular weight excluding hydrogens is 373 g/mol. The van der Waals surface area contributed by atoms with Crippen LogP contribution >= 0.6 is 34.8 Å². The molecule has 0 atom stereocenters. The van der Waals surface area contributed by atoms with Crippen LogP contribution in [-0.4, -0.2) is 16.8 Å². The van der Waals surface area contributed by atoms with Gasteiger partial charge in [-0.1, -0.05) is 34.8 Å². The lowest BCUT2D eigenvalue weighted by molar-refractivity contribution is 0.596. The van der Waals surface area contributed by atoms with Crippen molar-refractivity contribution >= 4 is 65.6 Å². The fourth-order valence-electron chi connectivity index (χ4n) is 1.28. The Morgan fingerprint density at radius 2 is 1.45 bits per heavy atom. The van der Waals surface area contributed by atoms with Crippen LogP contribution in [0.15, 0.2) is 26.4 Å². The Morgan fingerprint density at radius 1 is 0.950 bits per heavy atom. The Balaban J connectivity index is 3.93. The fourth-order valence-corrected chi connectivity index (χ4v) is 2.99. The highest BCUT2D eigenvalue weighted by atomic mass is 35.5. The van der Waals surface area contributed by atoms with E-state index in [4.69, 9.17) is 50.8 Å². The van der Waals surface area contributed by atoms with E-state index in [2.05, 4.69) is 0 Å². The zero-order valence-electron chi connectivity index (χ0n) is 9.47. The minimum atomic E-state index is -4.31. The Hall–Kier alpha value is -0.550. The van der Waals surface area contributed by atoms with E-state index >= 15 is 0 Å². The standard InChI is InChI=1S/C8H8Cl3N3O4S2/c9-6(8(10)11)4-1-3(19(13,15)16)2-5(7(4)12)20(14,17)18/h1-2H,12H2,(H2,13,15,16)(H2,14,17,18). The first-order chi connectivity index (χ1) is 8.85. The molecule has 0 fully saturated rings. The fraction of sp³-hybridized carbons (Fsp3) is 0. The molecule has 0 aromatic heterocycles. The molecule has 0 amide bonds. The molecular formula is C8H8Cl3N3O4S2. The first kappa shape index (κ1) is 17.5. The normalized spacial score (nSPS) is 12.2. The minimum absolute atomic E-state index is 0.220. The second kappa shape index (κ2) is 5.68. The van der Waals surface area contributed by atoms with Crippen LogP contribution in [0.3, 0.4) is 0 Å². The van der Waals surface area contributed by atoms with Gasteiger partial charge in [0.2, 0.25) is 20.0 Å². The monoisotopic (exact) mass is 379 g/mol. The predicted octanol–water partition coefficient (Wildman–Crippen LogP) is 0.906. The first-order valence-electron chi connectivity index (χ1n) is 4.56. The van der Waals surface area contributed by atoms with Gasteiger partial charge in [0.15, 0.2) is 0 Å². The maximum absolute atomic E-state index is 11.4. The molecule has 0 unspecified atom stereocenters. The number of primary sulfonamides is 2. The van der Waals surface area contributed by atoms with E-state index in [-0.39, 0.29) is 10.6 Å². The third-order valence-corrected chi connectivity index (χ3v) is 4.96. The lowest BCUT2D eigenvalue weighted by atomic mass is 10.2. The minimum Gasteiger partial charge on any atom is -0.397 e. The van der Waals surface area contributed by atoms with Crippen molar-refractivity contribution in [2.75, 3.05) is 5.73 Å². The van der Waals surface area contributed by atoms with Crippen LogP contribution < -0.4 is 16.0 Å². The van der Waals surface area contributed by atoms with Crippen molar-refractivity contribution in [3.63, 3.8) is 0 Å². The summed E-state index contributed by atoms with van der Waals surface area (Å²) in [6.45, 7) is 0. The van der Waals surface area contributed by atoms with Gasteiger partial charge in [-0.3, -0.25) is 0 Å². The van der Waals surface area contributed by atoms with Gasteiger partial charge >= 0.3 is 0 Å². The van der Waals surface area contributed by atoms with Gasteiger partial charge in [0.1, 0.15) is 9.39 Å². The highest BCUT2D eigenvalue weighted by molar-refractivity contribution is 7.90. The summed E-state index contributed by atoms with van der Waals surface area (Å²) in [5.41, 5.74) is 4.97. The van der Waals surface area contributed by atoms with Crippen molar-refractivity contribution in [3.8, 4) is 0 Å². The van der Waals surface area contributed by atoms with Crippen LogP contribution in [0.1, 0.15) is 5.56 Å². The Bertz CT molecular complexity index is 799. The average molecular weight is 381 g/mol. The summed E-state index contributed by atoms with van der Waals surface area (Å²) < 4.78 is 45.1. The number of nitrogen functional groups attached to an aromatic ring is 1. The number of anilines is 1.